The summed E-state index contributed by atoms with van der Waals surface area (Å²) in [7, 11) is 2.81. The molecule has 0 fully saturated rings. The number of carbonyl (C=O) groups excluding carboxylic acids is 4. The van der Waals surface area contributed by atoms with E-state index in [2.05, 4.69) is 5.32 Å². The van der Waals surface area contributed by atoms with Crippen LogP contribution in [0.3, 0.4) is 0 Å². The van der Waals surface area contributed by atoms with E-state index in [0.29, 0.717) is 11.1 Å². The molecule has 34 heavy (non-hydrogen) atoms. The van der Waals surface area contributed by atoms with Crippen molar-refractivity contribution in [2.24, 2.45) is 0 Å². The number of carbonyl (C=O) groups is 4. The van der Waals surface area contributed by atoms with Crippen LogP contribution in [0.1, 0.15) is 42.2 Å². The van der Waals surface area contributed by atoms with Crippen LogP contribution in [0.4, 0.5) is 5.69 Å². The minimum absolute atomic E-state index is 0.0759. The minimum atomic E-state index is -0.791. The third-order valence-corrected chi connectivity index (χ3v) is 5.49. The van der Waals surface area contributed by atoms with Gasteiger partial charge in [0.15, 0.2) is 29.7 Å². The average molecular weight is 480 g/mol. The van der Waals surface area contributed by atoms with Gasteiger partial charge in [0, 0.05) is 27.9 Å². The first-order chi connectivity index (χ1) is 16.3. The Bertz CT molecular complexity index is 1350. The highest BCUT2D eigenvalue weighted by atomic mass is 35.5. The molecule has 172 valence electrons. The fraction of sp³-hybridized carbons (Fsp3) is 0.120. The van der Waals surface area contributed by atoms with Crippen molar-refractivity contribution in [3.8, 4) is 11.5 Å². The molecule has 0 aromatic heterocycles. The molecule has 1 amide bonds. The largest absolute Gasteiger partial charge is 0.493 e. The Labute approximate surface area is 199 Å². The number of halogens is 1. The molecule has 0 heterocycles. The molecule has 3 aromatic rings. The van der Waals surface area contributed by atoms with Crippen LogP contribution in [0, 0.1) is 0 Å². The molecule has 0 bridgehead atoms. The van der Waals surface area contributed by atoms with Crippen LogP contribution >= 0.6 is 11.6 Å². The van der Waals surface area contributed by atoms with E-state index in [9.17, 15) is 19.2 Å². The number of hydrogen-bond donors (Lipinski definition) is 1. The van der Waals surface area contributed by atoms with Gasteiger partial charge in [0.05, 0.1) is 24.8 Å². The Hall–Kier alpha value is -4.17. The van der Waals surface area contributed by atoms with Gasteiger partial charge < -0.3 is 19.5 Å². The summed E-state index contributed by atoms with van der Waals surface area (Å²) in [6, 6.07) is 13.7. The number of nitrogens with one attached hydrogen (secondary N) is 1. The molecule has 0 saturated carbocycles. The average Bonchev–Trinajstić information content (AvgIpc) is 2.85. The number of ether oxygens (including phenoxy) is 3. The molecule has 3 aromatic carbocycles. The second kappa shape index (κ2) is 9.36. The molecule has 8 nitrogen and oxygen atoms in total. The van der Waals surface area contributed by atoms with Crippen molar-refractivity contribution < 1.29 is 33.4 Å². The number of hydrogen-bond acceptors (Lipinski definition) is 7. The van der Waals surface area contributed by atoms with Crippen LogP contribution in [0.5, 0.6) is 11.5 Å². The highest BCUT2D eigenvalue weighted by Gasteiger charge is 2.29. The van der Waals surface area contributed by atoms with E-state index >= 15 is 0 Å². The highest BCUT2D eigenvalue weighted by Crippen LogP contribution is 2.36. The molecule has 1 N–H and O–H groups in total. The van der Waals surface area contributed by atoms with Gasteiger partial charge in [0.1, 0.15) is 0 Å². The maximum absolute atomic E-state index is 12.8. The zero-order chi connectivity index (χ0) is 24.4. The summed E-state index contributed by atoms with van der Waals surface area (Å²) in [4.78, 5) is 50.2. The number of fused-ring (bicyclic) bond motifs is 2. The Kier molecular flexibility index (Phi) is 6.34. The minimum Gasteiger partial charge on any atom is -0.493 e. The van der Waals surface area contributed by atoms with Crippen molar-refractivity contribution in [3.63, 3.8) is 0 Å². The SMILES string of the molecule is COc1cc(C(=O)OCC(=O)Nc2ccc3c(c2)C(=O)c2ccccc2C3=O)cc(Cl)c1OC. The van der Waals surface area contributed by atoms with Gasteiger partial charge in [0.25, 0.3) is 5.91 Å². The second-order valence-electron chi connectivity index (χ2n) is 7.28. The molecule has 1 aliphatic rings. The zero-order valence-electron chi connectivity index (χ0n) is 18.1. The van der Waals surface area contributed by atoms with E-state index in [1.165, 1.54) is 44.6 Å². The van der Waals surface area contributed by atoms with Gasteiger partial charge in [-0.1, -0.05) is 35.9 Å². The molecule has 4 rings (SSSR count). The molecule has 9 heteroatoms. The number of anilines is 1. The third-order valence-electron chi connectivity index (χ3n) is 5.21. The lowest BCUT2D eigenvalue weighted by molar-refractivity contribution is -0.119. The van der Waals surface area contributed by atoms with Crippen molar-refractivity contribution in [2.75, 3.05) is 26.1 Å². The lowest BCUT2D eigenvalue weighted by Gasteiger charge is -2.18. The summed E-state index contributed by atoms with van der Waals surface area (Å²) in [6.07, 6.45) is 0. The van der Waals surface area contributed by atoms with Gasteiger partial charge in [-0.05, 0) is 30.3 Å². The molecular formula is C25H18ClNO7. The van der Waals surface area contributed by atoms with Crippen LogP contribution in [0.15, 0.2) is 54.6 Å². The normalized spacial score (nSPS) is 11.9. The van der Waals surface area contributed by atoms with E-state index in [-0.39, 0.29) is 50.5 Å². The zero-order valence-corrected chi connectivity index (χ0v) is 18.9. The standard InChI is InChI=1S/C25H18ClNO7/c1-32-20-10-13(9-19(26)24(20)33-2)25(31)34-12-21(28)27-14-7-8-17-18(11-14)23(30)16-6-4-3-5-15(16)22(17)29/h3-11H,12H2,1-2H3,(H,27,28). The first-order valence-corrected chi connectivity index (χ1v) is 10.4. The number of ketones is 2. The van der Waals surface area contributed by atoms with Crippen molar-refractivity contribution >= 4 is 40.7 Å². The van der Waals surface area contributed by atoms with E-state index < -0.39 is 18.5 Å². The maximum Gasteiger partial charge on any atom is 0.338 e. The monoisotopic (exact) mass is 479 g/mol. The summed E-state index contributed by atoms with van der Waals surface area (Å²) in [5.74, 6) is -1.48. The van der Waals surface area contributed by atoms with Gasteiger partial charge in [-0.2, -0.15) is 0 Å². The lowest BCUT2D eigenvalue weighted by atomic mass is 9.84. The van der Waals surface area contributed by atoms with E-state index in [4.69, 9.17) is 25.8 Å². The summed E-state index contributed by atoms with van der Waals surface area (Å²) in [5.41, 5.74) is 1.48. The summed E-state index contributed by atoms with van der Waals surface area (Å²) >= 11 is 6.10. The van der Waals surface area contributed by atoms with Crippen LogP contribution in [0.25, 0.3) is 0 Å². The number of rotatable bonds is 6. The van der Waals surface area contributed by atoms with Crippen LogP contribution in [0.2, 0.25) is 5.02 Å². The molecule has 0 unspecified atom stereocenters. The topological polar surface area (TPSA) is 108 Å². The third kappa shape index (κ3) is 4.23. The first kappa shape index (κ1) is 23.0. The van der Waals surface area contributed by atoms with Crippen LogP contribution < -0.4 is 14.8 Å². The summed E-state index contributed by atoms with van der Waals surface area (Å²) in [6.45, 7) is -0.586. The first-order valence-electron chi connectivity index (χ1n) is 10.0. The fourth-order valence-electron chi connectivity index (χ4n) is 3.62. The quantitative estimate of drug-likeness (QED) is 0.417. The Balaban J connectivity index is 1.44. The summed E-state index contributed by atoms with van der Waals surface area (Å²) < 4.78 is 15.3. The Morgan fingerprint density at radius 3 is 2.15 bits per heavy atom. The molecule has 0 aliphatic heterocycles. The molecule has 0 saturated heterocycles. The van der Waals surface area contributed by atoms with E-state index in [1.54, 1.807) is 24.3 Å². The van der Waals surface area contributed by atoms with Gasteiger partial charge in [-0.3, -0.25) is 14.4 Å². The molecule has 1 aliphatic carbocycles. The number of amides is 1. The van der Waals surface area contributed by atoms with Crippen LogP contribution in [-0.2, 0) is 9.53 Å². The van der Waals surface area contributed by atoms with Gasteiger partial charge in [0.2, 0.25) is 0 Å². The molecule has 0 spiro atoms. The fourth-order valence-corrected chi connectivity index (χ4v) is 3.91. The van der Waals surface area contributed by atoms with Crippen LogP contribution in [-0.4, -0.2) is 44.3 Å². The Morgan fingerprint density at radius 1 is 0.853 bits per heavy atom. The molecular weight excluding hydrogens is 462 g/mol. The maximum atomic E-state index is 12.8. The molecule has 0 radical (unpaired) electrons. The second-order valence-corrected chi connectivity index (χ2v) is 7.69. The van der Waals surface area contributed by atoms with Gasteiger partial charge >= 0.3 is 5.97 Å². The molecule has 0 atom stereocenters. The lowest BCUT2D eigenvalue weighted by Crippen LogP contribution is -2.23. The van der Waals surface area contributed by atoms with E-state index in [0.717, 1.165) is 0 Å². The number of methoxy groups -OCH3 is 2. The number of benzene rings is 3. The van der Waals surface area contributed by atoms with Crippen molar-refractivity contribution in [1.29, 1.82) is 0 Å². The smallest absolute Gasteiger partial charge is 0.338 e. The van der Waals surface area contributed by atoms with Crippen molar-refractivity contribution in [2.45, 2.75) is 0 Å². The predicted octanol–water partition coefficient (Wildman–Crippen LogP) is 3.93. The number of esters is 1. The van der Waals surface area contributed by atoms with Gasteiger partial charge in [-0.25, -0.2) is 4.79 Å². The van der Waals surface area contributed by atoms with Gasteiger partial charge in [-0.15, -0.1) is 0 Å². The Morgan fingerprint density at radius 2 is 1.50 bits per heavy atom. The highest BCUT2D eigenvalue weighted by molar-refractivity contribution is 6.32. The van der Waals surface area contributed by atoms with Crippen molar-refractivity contribution in [1.82, 2.24) is 0 Å². The van der Waals surface area contributed by atoms with Crippen molar-refractivity contribution in [3.05, 3.63) is 87.4 Å². The van der Waals surface area contributed by atoms with E-state index in [1.807, 2.05) is 0 Å². The summed E-state index contributed by atoms with van der Waals surface area (Å²) in [5, 5.41) is 2.71. The predicted molar refractivity (Wildman–Crippen MR) is 123 cm³/mol.